The van der Waals surface area contributed by atoms with E-state index in [0.717, 1.165) is 31.2 Å². The Labute approximate surface area is 179 Å². The number of fused-ring (bicyclic) bond motifs is 1. The van der Waals surface area contributed by atoms with E-state index in [2.05, 4.69) is 71.9 Å². The maximum absolute atomic E-state index is 5.97. The molecule has 1 unspecified atom stereocenters. The lowest BCUT2D eigenvalue weighted by Gasteiger charge is -2.18. The Kier molecular flexibility index (Phi) is 7.77. The highest BCUT2D eigenvalue weighted by atomic mass is 127. The van der Waals surface area contributed by atoms with Crippen LogP contribution in [-0.4, -0.2) is 39.8 Å². The SMILES string of the molecule is CN=C(NCc1ccc(N(C)C)cc1C)NCC1Cc2ccccc2O1.I. The van der Waals surface area contributed by atoms with Gasteiger partial charge in [-0.05, 0) is 41.8 Å². The number of hydrogen-bond donors (Lipinski definition) is 2. The third-order valence-electron chi connectivity index (χ3n) is 4.72. The van der Waals surface area contributed by atoms with Gasteiger partial charge in [-0.1, -0.05) is 24.3 Å². The van der Waals surface area contributed by atoms with Gasteiger partial charge in [0.25, 0.3) is 0 Å². The lowest BCUT2D eigenvalue weighted by atomic mass is 10.1. The van der Waals surface area contributed by atoms with Gasteiger partial charge in [0, 0.05) is 39.8 Å². The van der Waals surface area contributed by atoms with Gasteiger partial charge in [-0.3, -0.25) is 4.99 Å². The highest BCUT2D eigenvalue weighted by Crippen LogP contribution is 2.27. The predicted octanol–water partition coefficient (Wildman–Crippen LogP) is 3.35. The first-order valence-corrected chi connectivity index (χ1v) is 9.02. The van der Waals surface area contributed by atoms with Crippen LogP contribution in [0.5, 0.6) is 5.75 Å². The largest absolute Gasteiger partial charge is 0.488 e. The number of nitrogens with one attached hydrogen (secondary N) is 2. The summed E-state index contributed by atoms with van der Waals surface area (Å²) in [4.78, 5) is 6.43. The van der Waals surface area contributed by atoms with Crippen molar-refractivity contribution in [3.05, 3.63) is 59.2 Å². The van der Waals surface area contributed by atoms with E-state index in [1.54, 1.807) is 7.05 Å². The molecule has 1 heterocycles. The smallest absolute Gasteiger partial charge is 0.191 e. The zero-order valence-corrected chi connectivity index (χ0v) is 18.8. The second kappa shape index (κ2) is 9.82. The topological polar surface area (TPSA) is 48.9 Å². The first-order valence-electron chi connectivity index (χ1n) is 9.02. The third kappa shape index (κ3) is 5.51. The second-order valence-electron chi connectivity index (χ2n) is 6.86. The molecular weight excluding hydrogens is 451 g/mol. The Morgan fingerprint density at radius 2 is 1.96 bits per heavy atom. The number of ether oxygens (including phenoxy) is 1. The van der Waals surface area contributed by atoms with Crippen LogP contribution in [0.25, 0.3) is 0 Å². The summed E-state index contributed by atoms with van der Waals surface area (Å²) >= 11 is 0. The molecule has 0 saturated heterocycles. The molecule has 0 bridgehead atoms. The maximum atomic E-state index is 5.97. The third-order valence-corrected chi connectivity index (χ3v) is 4.72. The van der Waals surface area contributed by atoms with Crippen molar-refractivity contribution in [2.75, 3.05) is 32.6 Å². The van der Waals surface area contributed by atoms with Gasteiger partial charge in [-0.2, -0.15) is 0 Å². The molecule has 1 aliphatic rings. The first-order chi connectivity index (χ1) is 12.6. The number of halogens is 1. The number of para-hydroxylation sites is 1. The van der Waals surface area contributed by atoms with Crippen LogP contribution >= 0.6 is 24.0 Å². The van der Waals surface area contributed by atoms with Crippen LogP contribution in [0, 0.1) is 6.92 Å². The summed E-state index contributed by atoms with van der Waals surface area (Å²) in [7, 11) is 5.91. The van der Waals surface area contributed by atoms with Crippen LogP contribution in [0.15, 0.2) is 47.5 Å². The van der Waals surface area contributed by atoms with Gasteiger partial charge >= 0.3 is 0 Å². The Bertz CT molecular complexity index is 767. The maximum Gasteiger partial charge on any atom is 0.191 e. The van der Waals surface area contributed by atoms with Crippen LogP contribution in [-0.2, 0) is 13.0 Å². The summed E-state index contributed by atoms with van der Waals surface area (Å²) < 4.78 is 5.97. The number of nitrogens with zero attached hydrogens (tertiary/aromatic N) is 2. The fraction of sp³-hybridized carbons (Fsp3) is 0.381. The molecule has 0 saturated carbocycles. The van der Waals surface area contributed by atoms with Crippen LogP contribution in [0.3, 0.4) is 0 Å². The minimum atomic E-state index is 0. The van der Waals surface area contributed by atoms with Gasteiger partial charge in [-0.25, -0.2) is 0 Å². The first kappa shape index (κ1) is 21.3. The number of aliphatic imine (C=N–C) groups is 1. The molecule has 0 amide bonds. The van der Waals surface area contributed by atoms with Crippen molar-refractivity contribution in [1.29, 1.82) is 0 Å². The fourth-order valence-corrected chi connectivity index (χ4v) is 3.13. The summed E-state index contributed by atoms with van der Waals surface area (Å²) in [5.41, 5.74) is 5.03. The fourth-order valence-electron chi connectivity index (χ4n) is 3.13. The van der Waals surface area contributed by atoms with Gasteiger partial charge in [0.2, 0.25) is 0 Å². The second-order valence-corrected chi connectivity index (χ2v) is 6.86. The lowest BCUT2D eigenvalue weighted by molar-refractivity contribution is 0.235. The Morgan fingerprint density at radius 3 is 2.63 bits per heavy atom. The molecule has 0 radical (unpaired) electrons. The van der Waals surface area contributed by atoms with Crippen molar-refractivity contribution in [1.82, 2.24) is 10.6 Å². The molecule has 2 aromatic carbocycles. The van der Waals surface area contributed by atoms with Crippen LogP contribution in [0.4, 0.5) is 5.69 Å². The predicted molar refractivity (Wildman–Crippen MR) is 124 cm³/mol. The summed E-state index contributed by atoms with van der Waals surface area (Å²) in [6, 6.07) is 14.7. The van der Waals surface area contributed by atoms with E-state index in [-0.39, 0.29) is 30.1 Å². The quantitative estimate of drug-likeness (QED) is 0.392. The number of benzene rings is 2. The van der Waals surface area contributed by atoms with Crippen molar-refractivity contribution in [2.45, 2.75) is 26.0 Å². The molecule has 6 heteroatoms. The van der Waals surface area contributed by atoms with E-state index in [0.29, 0.717) is 0 Å². The summed E-state index contributed by atoms with van der Waals surface area (Å²) in [5, 5.41) is 6.76. The van der Waals surface area contributed by atoms with Crippen molar-refractivity contribution < 1.29 is 4.74 Å². The van der Waals surface area contributed by atoms with Crippen molar-refractivity contribution in [3.8, 4) is 5.75 Å². The Hall–Kier alpha value is -1.96. The molecule has 27 heavy (non-hydrogen) atoms. The summed E-state index contributed by atoms with van der Waals surface area (Å²) in [6.45, 7) is 3.61. The molecule has 2 aromatic rings. The number of guanidine groups is 1. The van der Waals surface area contributed by atoms with E-state index in [1.807, 2.05) is 12.1 Å². The molecule has 0 spiro atoms. The molecule has 0 aliphatic carbocycles. The lowest BCUT2D eigenvalue weighted by Crippen LogP contribution is -2.42. The van der Waals surface area contributed by atoms with E-state index >= 15 is 0 Å². The van der Waals surface area contributed by atoms with Crippen molar-refractivity contribution in [2.24, 2.45) is 4.99 Å². The molecular formula is C21H29IN4O. The highest BCUT2D eigenvalue weighted by Gasteiger charge is 2.22. The monoisotopic (exact) mass is 480 g/mol. The van der Waals surface area contributed by atoms with Gasteiger partial charge in [0.15, 0.2) is 5.96 Å². The van der Waals surface area contributed by atoms with Gasteiger partial charge in [-0.15, -0.1) is 24.0 Å². The number of rotatable bonds is 5. The average molecular weight is 480 g/mol. The molecule has 1 atom stereocenters. The summed E-state index contributed by atoms with van der Waals surface area (Å²) in [6.07, 6.45) is 1.08. The normalized spacial score (nSPS) is 15.4. The zero-order valence-electron chi connectivity index (χ0n) is 16.5. The van der Waals surface area contributed by atoms with E-state index < -0.39 is 0 Å². The number of hydrogen-bond acceptors (Lipinski definition) is 3. The molecule has 0 fully saturated rings. The summed E-state index contributed by atoms with van der Waals surface area (Å²) in [5.74, 6) is 1.79. The minimum absolute atomic E-state index is 0. The molecule has 0 aromatic heterocycles. The average Bonchev–Trinajstić information content (AvgIpc) is 3.05. The van der Waals surface area contributed by atoms with E-state index in [1.165, 1.54) is 22.4 Å². The zero-order chi connectivity index (χ0) is 18.5. The van der Waals surface area contributed by atoms with Gasteiger partial charge in [0.1, 0.15) is 11.9 Å². The van der Waals surface area contributed by atoms with Gasteiger partial charge < -0.3 is 20.3 Å². The minimum Gasteiger partial charge on any atom is -0.488 e. The molecule has 3 rings (SSSR count). The van der Waals surface area contributed by atoms with Crippen molar-refractivity contribution >= 4 is 35.6 Å². The molecule has 5 nitrogen and oxygen atoms in total. The van der Waals surface area contributed by atoms with Gasteiger partial charge in [0.05, 0.1) is 6.54 Å². The number of aryl methyl sites for hydroxylation is 1. The highest BCUT2D eigenvalue weighted by molar-refractivity contribution is 14.0. The molecule has 2 N–H and O–H groups in total. The van der Waals surface area contributed by atoms with E-state index in [9.17, 15) is 0 Å². The molecule has 1 aliphatic heterocycles. The Morgan fingerprint density at radius 1 is 1.19 bits per heavy atom. The van der Waals surface area contributed by atoms with Crippen LogP contribution in [0.2, 0.25) is 0 Å². The molecule has 146 valence electrons. The van der Waals surface area contributed by atoms with E-state index in [4.69, 9.17) is 4.74 Å². The standard InChI is InChI=1S/C21H28N4O.HI/c1-15-11-18(25(3)4)10-9-17(15)13-23-21(22-2)24-14-19-12-16-7-5-6-8-20(16)26-19;/h5-11,19H,12-14H2,1-4H3,(H2,22,23,24);1H. The van der Waals surface area contributed by atoms with Crippen LogP contribution in [0.1, 0.15) is 16.7 Å². The van der Waals surface area contributed by atoms with Crippen LogP contribution < -0.4 is 20.3 Å². The van der Waals surface area contributed by atoms with Crippen molar-refractivity contribution in [3.63, 3.8) is 0 Å². The number of anilines is 1. The Balaban J connectivity index is 0.00000261.